The number of nitrogens with zero attached hydrogens (tertiary/aromatic N) is 1. The molecule has 8 nitrogen and oxygen atoms in total. The van der Waals surface area contributed by atoms with Crippen LogP contribution in [0.2, 0.25) is 0 Å². The Morgan fingerprint density at radius 3 is 2.32 bits per heavy atom. The van der Waals surface area contributed by atoms with Crippen LogP contribution in [0, 0.1) is 0 Å². The number of benzene rings is 2. The van der Waals surface area contributed by atoms with Crippen molar-refractivity contribution in [1.82, 2.24) is 10.7 Å². The molecule has 2 amide bonds. The van der Waals surface area contributed by atoms with Crippen molar-refractivity contribution < 1.29 is 23.8 Å². The van der Waals surface area contributed by atoms with Crippen LogP contribution in [0.15, 0.2) is 47.6 Å². The van der Waals surface area contributed by atoms with Gasteiger partial charge in [0.05, 0.1) is 27.5 Å². The average molecular weight is 385 g/mol. The van der Waals surface area contributed by atoms with Gasteiger partial charge in [0.1, 0.15) is 11.8 Å². The van der Waals surface area contributed by atoms with Gasteiger partial charge in [-0.25, -0.2) is 5.43 Å². The average Bonchev–Trinajstić information content (AvgIpc) is 2.73. The highest BCUT2D eigenvalue weighted by Gasteiger charge is 2.16. The number of methoxy groups -OCH3 is 3. The quantitative estimate of drug-likeness (QED) is 0.535. The minimum atomic E-state index is -0.779. The second kappa shape index (κ2) is 9.96. The van der Waals surface area contributed by atoms with Crippen molar-refractivity contribution in [3.8, 4) is 17.2 Å². The largest absolute Gasteiger partial charge is 0.497 e. The van der Waals surface area contributed by atoms with Gasteiger partial charge < -0.3 is 19.5 Å². The predicted molar refractivity (Wildman–Crippen MR) is 105 cm³/mol. The second-order valence-electron chi connectivity index (χ2n) is 5.74. The number of ether oxygens (including phenoxy) is 3. The fraction of sp³-hybridized carbons (Fsp3) is 0.250. The van der Waals surface area contributed by atoms with E-state index in [4.69, 9.17) is 14.2 Å². The van der Waals surface area contributed by atoms with Crippen LogP contribution in [0.25, 0.3) is 0 Å². The number of nitrogens with one attached hydrogen (secondary N) is 2. The molecule has 28 heavy (non-hydrogen) atoms. The summed E-state index contributed by atoms with van der Waals surface area (Å²) in [5.74, 6) is 0.870. The molecule has 8 heteroatoms. The highest BCUT2D eigenvalue weighted by molar-refractivity contribution is 5.97. The predicted octanol–water partition coefficient (Wildman–Crippen LogP) is 1.98. The number of hydrogen-bond acceptors (Lipinski definition) is 6. The Bertz CT molecular complexity index is 849. The Morgan fingerprint density at radius 1 is 1.00 bits per heavy atom. The van der Waals surface area contributed by atoms with E-state index >= 15 is 0 Å². The fourth-order valence-electron chi connectivity index (χ4n) is 2.36. The van der Waals surface area contributed by atoms with Gasteiger partial charge in [-0.1, -0.05) is 6.07 Å². The molecule has 0 aliphatic carbocycles. The van der Waals surface area contributed by atoms with Gasteiger partial charge in [0.2, 0.25) is 0 Å². The summed E-state index contributed by atoms with van der Waals surface area (Å²) in [6, 6.07) is 11.1. The SMILES string of the molecule is COc1ccc(C(=O)NC(C)C(=O)NN=Cc2cccc(OC)c2OC)cc1. The Morgan fingerprint density at radius 2 is 1.71 bits per heavy atom. The summed E-state index contributed by atoms with van der Waals surface area (Å²) in [6.07, 6.45) is 1.44. The zero-order valence-electron chi connectivity index (χ0n) is 16.2. The van der Waals surface area contributed by atoms with Crippen LogP contribution < -0.4 is 25.0 Å². The highest BCUT2D eigenvalue weighted by Crippen LogP contribution is 2.29. The zero-order chi connectivity index (χ0) is 20.5. The van der Waals surface area contributed by atoms with E-state index in [9.17, 15) is 9.59 Å². The molecule has 2 N–H and O–H groups in total. The molecule has 2 rings (SSSR count). The molecule has 0 aromatic heterocycles. The van der Waals surface area contributed by atoms with Gasteiger partial charge in [-0.3, -0.25) is 9.59 Å². The van der Waals surface area contributed by atoms with Crippen molar-refractivity contribution in [1.29, 1.82) is 0 Å². The maximum atomic E-state index is 12.2. The molecular weight excluding hydrogens is 362 g/mol. The summed E-state index contributed by atoms with van der Waals surface area (Å²) in [7, 11) is 4.60. The summed E-state index contributed by atoms with van der Waals surface area (Å²) in [5, 5.41) is 6.53. The van der Waals surface area contributed by atoms with Crippen LogP contribution >= 0.6 is 0 Å². The summed E-state index contributed by atoms with van der Waals surface area (Å²) < 4.78 is 15.6. The van der Waals surface area contributed by atoms with E-state index in [1.165, 1.54) is 20.4 Å². The van der Waals surface area contributed by atoms with Gasteiger partial charge in [-0.15, -0.1) is 0 Å². The Labute approximate surface area is 163 Å². The third-order valence-corrected chi connectivity index (χ3v) is 3.90. The molecule has 0 bridgehead atoms. The maximum absolute atomic E-state index is 12.2. The van der Waals surface area contributed by atoms with Gasteiger partial charge in [0.25, 0.3) is 11.8 Å². The van der Waals surface area contributed by atoms with Gasteiger partial charge in [0.15, 0.2) is 11.5 Å². The van der Waals surface area contributed by atoms with Gasteiger partial charge in [0, 0.05) is 11.1 Å². The molecule has 0 saturated heterocycles. The molecule has 0 aliphatic rings. The van der Waals surface area contributed by atoms with Crippen molar-refractivity contribution in [2.45, 2.75) is 13.0 Å². The molecule has 2 aromatic rings. The minimum Gasteiger partial charge on any atom is -0.497 e. The standard InChI is InChI=1S/C20H23N3O5/c1-13(22-20(25)14-8-10-16(26-2)11-9-14)19(24)23-21-12-15-6-5-7-17(27-3)18(15)28-4/h5-13H,1-4H3,(H,22,25)(H,23,24). The lowest BCUT2D eigenvalue weighted by molar-refractivity contribution is -0.122. The van der Waals surface area contributed by atoms with Crippen LogP contribution in [0.5, 0.6) is 17.2 Å². The molecule has 0 spiro atoms. The number of amides is 2. The van der Waals surface area contributed by atoms with Crippen molar-refractivity contribution in [3.63, 3.8) is 0 Å². The molecule has 148 valence electrons. The van der Waals surface area contributed by atoms with E-state index in [-0.39, 0.29) is 5.91 Å². The normalized spacial score (nSPS) is 11.6. The summed E-state index contributed by atoms with van der Waals surface area (Å²) in [6.45, 7) is 1.57. The van der Waals surface area contributed by atoms with E-state index in [1.807, 2.05) is 0 Å². The fourth-order valence-corrected chi connectivity index (χ4v) is 2.36. The molecule has 0 radical (unpaired) electrons. The molecule has 0 fully saturated rings. The topological polar surface area (TPSA) is 98.2 Å². The first kappa shape index (κ1) is 20.8. The van der Waals surface area contributed by atoms with E-state index in [2.05, 4.69) is 15.8 Å². The Balaban J connectivity index is 1.95. The van der Waals surface area contributed by atoms with E-state index in [0.717, 1.165) is 0 Å². The lowest BCUT2D eigenvalue weighted by Gasteiger charge is -2.12. The number of carbonyl (C=O) groups is 2. The van der Waals surface area contributed by atoms with E-state index in [0.29, 0.717) is 28.4 Å². The van der Waals surface area contributed by atoms with Crippen LogP contribution in [-0.4, -0.2) is 45.4 Å². The number of hydrazone groups is 1. The van der Waals surface area contributed by atoms with E-state index < -0.39 is 11.9 Å². The Kier molecular flexibility index (Phi) is 7.38. The maximum Gasteiger partial charge on any atom is 0.262 e. The molecule has 2 aromatic carbocycles. The number of rotatable bonds is 8. The van der Waals surface area contributed by atoms with Crippen LogP contribution in [0.4, 0.5) is 0 Å². The van der Waals surface area contributed by atoms with Gasteiger partial charge >= 0.3 is 0 Å². The molecular formula is C20H23N3O5. The van der Waals surface area contributed by atoms with Crippen molar-refractivity contribution in [2.24, 2.45) is 5.10 Å². The smallest absolute Gasteiger partial charge is 0.262 e. The van der Waals surface area contributed by atoms with Gasteiger partial charge in [-0.2, -0.15) is 5.10 Å². The van der Waals surface area contributed by atoms with Crippen LogP contribution in [0.3, 0.4) is 0 Å². The van der Waals surface area contributed by atoms with Crippen molar-refractivity contribution in [3.05, 3.63) is 53.6 Å². The first-order valence-corrected chi connectivity index (χ1v) is 8.49. The first-order chi connectivity index (χ1) is 13.5. The molecule has 1 atom stereocenters. The third-order valence-electron chi connectivity index (χ3n) is 3.90. The minimum absolute atomic E-state index is 0.372. The van der Waals surface area contributed by atoms with Gasteiger partial charge in [-0.05, 0) is 43.3 Å². The lowest BCUT2D eigenvalue weighted by Crippen LogP contribution is -2.43. The number of hydrogen-bond donors (Lipinski definition) is 2. The zero-order valence-corrected chi connectivity index (χ0v) is 16.2. The van der Waals surface area contributed by atoms with Crippen molar-refractivity contribution in [2.75, 3.05) is 21.3 Å². The summed E-state index contributed by atoms with van der Waals surface area (Å²) in [4.78, 5) is 24.4. The Hall–Kier alpha value is -3.55. The number of para-hydroxylation sites is 1. The molecule has 0 heterocycles. The molecule has 0 saturated carbocycles. The van der Waals surface area contributed by atoms with Crippen LogP contribution in [0.1, 0.15) is 22.8 Å². The second-order valence-corrected chi connectivity index (χ2v) is 5.74. The summed E-state index contributed by atoms with van der Waals surface area (Å²) in [5.41, 5.74) is 3.45. The monoisotopic (exact) mass is 385 g/mol. The van der Waals surface area contributed by atoms with E-state index in [1.54, 1.807) is 56.5 Å². The number of carbonyl (C=O) groups excluding carboxylic acids is 2. The third kappa shape index (κ3) is 5.23. The summed E-state index contributed by atoms with van der Waals surface area (Å²) >= 11 is 0. The molecule has 0 aliphatic heterocycles. The highest BCUT2D eigenvalue weighted by atomic mass is 16.5. The van der Waals surface area contributed by atoms with Crippen molar-refractivity contribution >= 4 is 18.0 Å². The first-order valence-electron chi connectivity index (χ1n) is 8.49. The molecule has 1 unspecified atom stereocenters. The lowest BCUT2D eigenvalue weighted by atomic mass is 10.2. The van der Waals surface area contributed by atoms with Crippen LogP contribution in [-0.2, 0) is 4.79 Å².